The van der Waals surface area contributed by atoms with Gasteiger partial charge in [0.25, 0.3) is 11.8 Å². The van der Waals surface area contributed by atoms with Gasteiger partial charge in [-0.3, -0.25) is 14.6 Å². The number of halogens is 2. The Labute approximate surface area is 206 Å². The first kappa shape index (κ1) is 24.5. The monoisotopic (exact) mass is 488 g/mol. The zero-order valence-electron chi connectivity index (χ0n) is 19.3. The Balaban J connectivity index is 1.77. The van der Waals surface area contributed by atoms with Crippen LogP contribution in [0.25, 0.3) is 0 Å². The number of methoxy groups -OCH3 is 1. The van der Waals surface area contributed by atoms with Crippen molar-refractivity contribution in [1.82, 2.24) is 14.9 Å². The summed E-state index contributed by atoms with van der Waals surface area (Å²) in [6.07, 6.45) is 4.12. The number of rotatable bonds is 8. The molecule has 0 radical (unpaired) electrons. The summed E-state index contributed by atoms with van der Waals surface area (Å²) in [7, 11) is 1.54. The predicted octanol–water partition coefficient (Wildman–Crippen LogP) is 4.79. The van der Waals surface area contributed by atoms with Gasteiger partial charge >= 0.3 is 0 Å². The van der Waals surface area contributed by atoms with E-state index in [2.05, 4.69) is 15.3 Å². The van der Waals surface area contributed by atoms with Crippen LogP contribution in [0.1, 0.15) is 27.7 Å². The van der Waals surface area contributed by atoms with Crippen LogP contribution in [0.4, 0.5) is 14.5 Å². The first-order valence-electron chi connectivity index (χ1n) is 11.0. The van der Waals surface area contributed by atoms with Crippen LogP contribution in [0.5, 0.6) is 5.75 Å². The molecule has 1 heterocycles. The van der Waals surface area contributed by atoms with Gasteiger partial charge in [0.05, 0.1) is 13.3 Å². The zero-order chi connectivity index (χ0) is 25.5. The number of amides is 2. The number of nitrogens with zero attached hydrogens (tertiary/aromatic N) is 3. The highest BCUT2D eigenvalue weighted by Crippen LogP contribution is 2.28. The molecule has 3 aromatic carbocycles. The van der Waals surface area contributed by atoms with Crippen molar-refractivity contribution in [3.05, 3.63) is 120 Å². The molecule has 4 aromatic rings. The molecule has 7 nitrogen and oxygen atoms in total. The van der Waals surface area contributed by atoms with Crippen LogP contribution in [0.15, 0.2) is 91.4 Å². The van der Waals surface area contributed by atoms with E-state index in [-0.39, 0.29) is 12.2 Å². The minimum absolute atomic E-state index is 0.0261. The Bertz CT molecular complexity index is 1320. The second kappa shape index (κ2) is 11.2. The van der Waals surface area contributed by atoms with Crippen molar-refractivity contribution in [2.75, 3.05) is 12.4 Å². The van der Waals surface area contributed by atoms with E-state index in [1.54, 1.807) is 31.4 Å². The number of anilines is 1. The van der Waals surface area contributed by atoms with E-state index in [1.165, 1.54) is 72.0 Å². The molecule has 0 aliphatic heterocycles. The highest BCUT2D eigenvalue weighted by Gasteiger charge is 2.33. The minimum Gasteiger partial charge on any atom is -0.497 e. The van der Waals surface area contributed by atoms with Crippen LogP contribution in [0.3, 0.4) is 0 Å². The molecule has 0 saturated heterocycles. The maximum atomic E-state index is 13.7. The molecule has 0 aliphatic carbocycles. The van der Waals surface area contributed by atoms with Crippen LogP contribution in [-0.2, 0) is 11.3 Å². The normalized spacial score (nSPS) is 11.4. The Morgan fingerprint density at radius 2 is 1.56 bits per heavy atom. The van der Waals surface area contributed by atoms with E-state index in [4.69, 9.17) is 4.74 Å². The molecule has 0 spiro atoms. The van der Waals surface area contributed by atoms with Crippen LogP contribution in [0, 0.1) is 11.6 Å². The molecule has 1 N–H and O–H groups in total. The number of carbonyl (C=O) groups excluding carboxylic acids is 2. The Morgan fingerprint density at radius 3 is 2.14 bits per heavy atom. The molecule has 9 heteroatoms. The second-order valence-corrected chi connectivity index (χ2v) is 7.82. The van der Waals surface area contributed by atoms with Gasteiger partial charge < -0.3 is 15.0 Å². The van der Waals surface area contributed by atoms with Gasteiger partial charge in [0.15, 0.2) is 0 Å². The van der Waals surface area contributed by atoms with Gasteiger partial charge in [-0.05, 0) is 59.7 Å². The summed E-state index contributed by atoms with van der Waals surface area (Å²) in [6, 6.07) is 16.4. The van der Waals surface area contributed by atoms with Crippen molar-refractivity contribution >= 4 is 17.5 Å². The Hall–Kier alpha value is -4.66. The summed E-state index contributed by atoms with van der Waals surface area (Å²) in [5, 5.41) is 2.72. The number of hydrogen-bond donors (Lipinski definition) is 1. The lowest BCUT2D eigenvalue weighted by atomic mass is 10.0. The van der Waals surface area contributed by atoms with Crippen LogP contribution in [0.2, 0.25) is 0 Å². The maximum Gasteiger partial charge on any atom is 0.275 e. The van der Waals surface area contributed by atoms with Crippen molar-refractivity contribution in [3.63, 3.8) is 0 Å². The quantitative estimate of drug-likeness (QED) is 0.386. The lowest BCUT2D eigenvalue weighted by Gasteiger charge is -2.31. The zero-order valence-corrected chi connectivity index (χ0v) is 19.3. The van der Waals surface area contributed by atoms with Gasteiger partial charge in [-0.25, -0.2) is 13.8 Å². The maximum absolute atomic E-state index is 13.7. The van der Waals surface area contributed by atoms with Gasteiger partial charge in [-0.2, -0.15) is 0 Å². The molecule has 2 amide bonds. The van der Waals surface area contributed by atoms with Crippen molar-refractivity contribution in [1.29, 1.82) is 0 Å². The predicted molar refractivity (Wildman–Crippen MR) is 129 cm³/mol. The lowest BCUT2D eigenvalue weighted by Crippen LogP contribution is -2.41. The molecule has 0 saturated carbocycles. The first-order chi connectivity index (χ1) is 17.4. The molecule has 0 bridgehead atoms. The molecule has 0 unspecified atom stereocenters. The fourth-order valence-corrected chi connectivity index (χ4v) is 3.63. The molecule has 1 aromatic heterocycles. The van der Waals surface area contributed by atoms with Crippen LogP contribution >= 0.6 is 0 Å². The fraction of sp³-hybridized carbons (Fsp3) is 0.111. The number of carbonyl (C=O) groups is 2. The molecule has 1 atom stereocenters. The highest BCUT2D eigenvalue weighted by molar-refractivity contribution is 6.00. The van der Waals surface area contributed by atoms with Crippen molar-refractivity contribution in [2.45, 2.75) is 12.6 Å². The molecule has 0 aliphatic rings. The van der Waals surface area contributed by atoms with Gasteiger partial charge in [0.2, 0.25) is 0 Å². The topological polar surface area (TPSA) is 84.4 Å². The summed E-state index contributed by atoms with van der Waals surface area (Å²) in [5.74, 6) is -1.43. The standard InChI is InChI=1S/C27H22F2N4O3/c1-36-23-12-2-18(3-13-23)17-33(27(35)24-16-30-14-15-31-24)25(19-4-6-20(28)7-5-19)26(34)32-22-10-8-21(29)9-11-22/h2-16,25H,17H2,1H3,(H,32,34)/t25-/m0/s1. The largest absolute Gasteiger partial charge is 0.497 e. The SMILES string of the molecule is COc1ccc(CN(C(=O)c2cnccn2)[C@H](C(=O)Nc2ccc(F)cc2)c2ccc(F)cc2)cc1. The number of nitrogens with one attached hydrogen (secondary N) is 1. The average molecular weight is 488 g/mol. The van der Waals surface area contributed by atoms with Crippen molar-refractivity contribution < 1.29 is 23.1 Å². The lowest BCUT2D eigenvalue weighted by molar-refractivity contribution is -0.121. The van der Waals surface area contributed by atoms with E-state index >= 15 is 0 Å². The third-order valence-electron chi connectivity index (χ3n) is 5.41. The number of hydrogen-bond acceptors (Lipinski definition) is 5. The summed E-state index contributed by atoms with van der Waals surface area (Å²) < 4.78 is 32.3. The van der Waals surface area contributed by atoms with Crippen molar-refractivity contribution in [2.24, 2.45) is 0 Å². The van der Waals surface area contributed by atoms with E-state index in [9.17, 15) is 18.4 Å². The summed E-state index contributed by atoms with van der Waals surface area (Å²) in [5.41, 5.74) is 1.47. The third kappa shape index (κ3) is 5.87. The minimum atomic E-state index is -1.17. The summed E-state index contributed by atoms with van der Waals surface area (Å²) in [6.45, 7) is 0.0261. The molecule has 4 rings (SSSR count). The third-order valence-corrected chi connectivity index (χ3v) is 5.41. The summed E-state index contributed by atoms with van der Waals surface area (Å²) >= 11 is 0. The summed E-state index contributed by atoms with van der Waals surface area (Å²) in [4.78, 5) is 36.7. The second-order valence-electron chi connectivity index (χ2n) is 7.82. The first-order valence-corrected chi connectivity index (χ1v) is 11.0. The molecular weight excluding hydrogens is 466 g/mol. The number of benzene rings is 3. The van der Waals surface area contributed by atoms with E-state index in [0.29, 0.717) is 17.0 Å². The fourth-order valence-electron chi connectivity index (χ4n) is 3.63. The van der Waals surface area contributed by atoms with Crippen molar-refractivity contribution in [3.8, 4) is 5.75 Å². The number of aromatic nitrogens is 2. The molecule has 0 fully saturated rings. The molecular formula is C27H22F2N4O3. The van der Waals surface area contributed by atoms with E-state index in [1.807, 2.05) is 0 Å². The van der Waals surface area contributed by atoms with E-state index in [0.717, 1.165) is 5.56 Å². The van der Waals surface area contributed by atoms with Gasteiger partial charge in [0.1, 0.15) is 29.1 Å². The molecule has 36 heavy (non-hydrogen) atoms. The van der Waals surface area contributed by atoms with Gasteiger partial charge in [-0.15, -0.1) is 0 Å². The molecule has 182 valence electrons. The highest BCUT2D eigenvalue weighted by atomic mass is 19.1. The van der Waals surface area contributed by atoms with E-state index < -0.39 is 29.5 Å². The van der Waals surface area contributed by atoms with Gasteiger partial charge in [-0.1, -0.05) is 24.3 Å². The van der Waals surface area contributed by atoms with Gasteiger partial charge in [0, 0.05) is 24.6 Å². The Kier molecular flexibility index (Phi) is 7.60. The van der Waals surface area contributed by atoms with Crippen LogP contribution < -0.4 is 10.1 Å². The Morgan fingerprint density at radius 1 is 0.917 bits per heavy atom. The average Bonchev–Trinajstić information content (AvgIpc) is 2.91. The smallest absolute Gasteiger partial charge is 0.275 e. The number of ether oxygens (including phenoxy) is 1. The van der Waals surface area contributed by atoms with Crippen LogP contribution in [-0.4, -0.2) is 33.8 Å².